The maximum absolute atomic E-state index is 8.72. The lowest BCUT2D eigenvalue weighted by Crippen LogP contribution is -2.25. The summed E-state index contributed by atoms with van der Waals surface area (Å²) < 4.78 is 5.80. The van der Waals surface area contributed by atoms with Gasteiger partial charge in [0.25, 0.3) is 0 Å². The molecule has 1 N–H and O–H groups in total. The Hall–Kier alpha value is -1.50. The number of nitrogens with zero attached hydrogens (tertiary/aromatic N) is 1. The number of ether oxygens (including phenoxy) is 1. The molecule has 0 aromatic heterocycles. The summed E-state index contributed by atoms with van der Waals surface area (Å²) in [6.45, 7) is 6.33. The van der Waals surface area contributed by atoms with Crippen molar-refractivity contribution in [3.8, 4) is 17.6 Å². The van der Waals surface area contributed by atoms with Crippen LogP contribution in [0.5, 0.6) is 5.75 Å². The van der Waals surface area contributed by atoms with Crippen LogP contribution in [-0.2, 0) is 0 Å². The first-order valence-corrected chi connectivity index (χ1v) is 7.35. The minimum Gasteiger partial charge on any atom is -0.492 e. The zero-order valence-corrected chi connectivity index (χ0v) is 12.2. The maximum Gasteiger partial charge on any atom is 0.119 e. The van der Waals surface area contributed by atoms with E-state index in [9.17, 15) is 0 Å². The molecule has 1 aromatic carbocycles. The highest BCUT2D eigenvalue weighted by Gasteiger charge is 2.10. The van der Waals surface area contributed by atoms with Crippen molar-refractivity contribution >= 4 is 0 Å². The Morgan fingerprint density at radius 2 is 2.10 bits per heavy atom. The van der Waals surface area contributed by atoms with Gasteiger partial charge in [-0.05, 0) is 56.6 Å². The second-order valence-electron chi connectivity index (χ2n) is 5.15. The Morgan fingerprint density at radius 3 is 2.80 bits per heavy atom. The predicted octanol–water partition coefficient (Wildman–Crippen LogP) is 2.20. The van der Waals surface area contributed by atoms with E-state index in [1.54, 1.807) is 0 Å². The standard InChI is InChI=1S/C17H23NO2/c1-15-14-17(8-7-16(15)6-2-5-12-19)20-13-11-18-9-3-4-10-18/h7-8,14,19H,3-5,9-13H2,1H3. The Bertz CT molecular complexity index is 481. The number of hydrogen-bond donors (Lipinski definition) is 1. The van der Waals surface area contributed by atoms with Crippen molar-refractivity contribution in [2.45, 2.75) is 26.2 Å². The van der Waals surface area contributed by atoms with Gasteiger partial charge in [0.2, 0.25) is 0 Å². The monoisotopic (exact) mass is 273 g/mol. The van der Waals surface area contributed by atoms with Crippen LogP contribution in [0, 0.1) is 18.8 Å². The van der Waals surface area contributed by atoms with E-state index in [0.717, 1.165) is 30.0 Å². The average Bonchev–Trinajstić information content (AvgIpc) is 2.95. The minimum atomic E-state index is 0.115. The van der Waals surface area contributed by atoms with Crippen molar-refractivity contribution < 1.29 is 9.84 Å². The first kappa shape index (κ1) is 14.9. The van der Waals surface area contributed by atoms with Gasteiger partial charge in [0.1, 0.15) is 12.4 Å². The second kappa shape index (κ2) is 7.94. The van der Waals surface area contributed by atoms with E-state index in [0.29, 0.717) is 6.42 Å². The Labute approximate surface area is 121 Å². The largest absolute Gasteiger partial charge is 0.492 e. The first-order valence-electron chi connectivity index (χ1n) is 7.35. The smallest absolute Gasteiger partial charge is 0.119 e. The number of aryl methyl sites for hydroxylation is 1. The molecule has 1 aliphatic heterocycles. The molecule has 2 rings (SSSR count). The summed E-state index contributed by atoms with van der Waals surface area (Å²) in [5.41, 5.74) is 2.12. The summed E-state index contributed by atoms with van der Waals surface area (Å²) in [6.07, 6.45) is 3.16. The van der Waals surface area contributed by atoms with Crippen LogP contribution in [0.15, 0.2) is 18.2 Å². The van der Waals surface area contributed by atoms with Crippen molar-refractivity contribution in [3.05, 3.63) is 29.3 Å². The fourth-order valence-corrected chi connectivity index (χ4v) is 2.38. The third kappa shape index (κ3) is 4.56. The van der Waals surface area contributed by atoms with Crippen LogP contribution in [0.4, 0.5) is 0 Å². The van der Waals surface area contributed by atoms with Gasteiger partial charge < -0.3 is 9.84 Å². The second-order valence-corrected chi connectivity index (χ2v) is 5.15. The zero-order chi connectivity index (χ0) is 14.2. The van der Waals surface area contributed by atoms with Gasteiger partial charge in [-0.25, -0.2) is 0 Å². The SMILES string of the molecule is Cc1cc(OCCN2CCCC2)ccc1C#CCCO. The number of aliphatic hydroxyl groups excluding tert-OH is 1. The summed E-state index contributed by atoms with van der Waals surface area (Å²) in [7, 11) is 0. The molecule has 1 aromatic rings. The van der Waals surface area contributed by atoms with E-state index < -0.39 is 0 Å². The van der Waals surface area contributed by atoms with Gasteiger partial charge in [0.15, 0.2) is 0 Å². The molecule has 20 heavy (non-hydrogen) atoms. The molecule has 1 saturated heterocycles. The molecule has 0 amide bonds. The number of likely N-dealkylation sites (tertiary alicyclic amines) is 1. The predicted molar refractivity (Wildman–Crippen MR) is 80.9 cm³/mol. The van der Waals surface area contributed by atoms with Crippen LogP contribution in [0.3, 0.4) is 0 Å². The topological polar surface area (TPSA) is 32.7 Å². The van der Waals surface area contributed by atoms with Gasteiger partial charge in [0.05, 0.1) is 6.61 Å². The molecule has 3 heteroatoms. The van der Waals surface area contributed by atoms with Crippen molar-refractivity contribution in [1.29, 1.82) is 0 Å². The van der Waals surface area contributed by atoms with Crippen molar-refractivity contribution in [2.24, 2.45) is 0 Å². The fourth-order valence-electron chi connectivity index (χ4n) is 2.38. The molecular weight excluding hydrogens is 250 g/mol. The molecule has 0 atom stereocenters. The number of rotatable bonds is 5. The normalized spacial score (nSPS) is 14.9. The lowest BCUT2D eigenvalue weighted by atomic mass is 10.1. The van der Waals surface area contributed by atoms with Gasteiger partial charge in [-0.1, -0.05) is 11.8 Å². The van der Waals surface area contributed by atoms with E-state index in [-0.39, 0.29) is 6.61 Å². The summed E-state index contributed by atoms with van der Waals surface area (Å²) in [5, 5.41) is 8.72. The molecule has 108 valence electrons. The van der Waals surface area contributed by atoms with Crippen LogP contribution in [0.1, 0.15) is 30.4 Å². The van der Waals surface area contributed by atoms with Crippen LogP contribution < -0.4 is 4.74 Å². The highest BCUT2D eigenvalue weighted by molar-refractivity contribution is 5.44. The Morgan fingerprint density at radius 1 is 1.30 bits per heavy atom. The molecular formula is C17H23NO2. The highest BCUT2D eigenvalue weighted by atomic mass is 16.5. The molecule has 1 heterocycles. The molecule has 0 spiro atoms. The molecule has 0 saturated carbocycles. The summed E-state index contributed by atoms with van der Waals surface area (Å²) in [6, 6.07) is 6.00. The van der Waals surface area contributed by atoms with Gasteiger partial charge in [-0.15, -0.1) is 0 Å². The first-order chi connectivity index (χ1) is 9.79. The van der Waals surface area contributed by atoms with Crippen LogP contribution in [0.25, 0.3) is 0 Å². The summed E-state index contributed by atoms with van der Waals surface area (Å²) >= 11 is 0. The average molecular weight is 273 g/mol. The van der Waals surface area contributed by atoms with Gasteiger partial charge in [0, 0.05) is 18.5 Å². The third-order valence-electron chi connectivity index (χ3n) is 3.53. The van der Waals surface area contributed by atoms with Gasteiger partial charge in [-0.3, -0.25) is 4.90 Å². The van der Waals surface area contributed by atoms with Crippen molar-refractivity contribution in [2.75, 3.05) is 32.8 Å². The minimum absolute atomic E-state index is 0.115. The molecule has 0 bridgehead atoms. The lowest BCUT2D eigenvalue weighted by Gasteiger charge is -2.15. The number of aliphatic hydroxyl groups is 1. The summed E-state index contributed by atoms with van der Waals surface area (Å²) in [4.78, 5) is 2.45. The molecule has 0 radical (unpaired) electrons. The van der Waals surface area contributed by atoms with E-state index in [1.165, 1.54) is 25.9 Å². The zero-order valence-electron chi connectivity index (χ0n) is 12.2. The number of hydrogen-bond acceptors (Lipinski definition) is 3. The molecule has 0 unspecified atom stereocenters. The van der Waals surface area contributed by atoms with Crippen molar-refractivity contribution in [3.63, 3.8) is 0 Å². The molecule has 0 aliphatic carbocycles. The number of benzene rings is 1. The Kier molecular flexibility index (Phi) is 5.91. The third-order valence-corrected chi connectivity index (χ3v) is 3.53. The van der Waals surface area contributed by atoms with Gasteiger partial charge >= 0.3 is 0 Å². The summed E-state index contributed by atoms with van der Waals surface area (Å²) in [5.74, 6) is 6.92. The fraction of sp³-hybridized carbons (Fsp3) is 0.529. The molecule has 1 fully saturated rings. The van der Waals surface area contributed by atoms with Crippen LogP contribution in [-0.4, -0.2) is 42.9 Å². The van der Waals surface area contributed by atoms with Gasteiger partial charge in [-0.2, -0.15) is 0 Å². The highest BCUT2D eigenvalue weighted by Crippen LogP contribution is 2.17. The Balaban J connectivity index is 1.83. The van der Waals surface area contributed by atoms with Crippen molar-refractivity contribution in [1.82, 2.24) is 4.90 Å². The van der Waals surface area contributed by atoms with E-state index in [4.69, 9.17) is 9.84 Å². The molecule has 1 aliphatic rings. The quantitative estimate of drug-likeness (QED) is 0.835. The maximum atomic E-state index is 8.72. The van der Waals surface area contributed by atoms with Crippen LogP contribution >= 0.6 is 0 Å². The van der Waals surface area contributed by atoms with E-state index in [1.807, 2.05) is 25.1 Å². The lowest BCUT2D eigenvalue weighted by molar-refractivity contribution is 0.237. The van der Waals surface area contributed by atoms with E-state index >= 15 is 0 Å². The van der Waals surface area contributed by atoms with Crippen LogP contribution in [0.2, 0.25) is 0 Å². The molecule has 3 nitrogen and oxygen atoms in total. The van der Waals surface area contributed by atoms with E-state index in [2.05, 4.69) is 16.7 Å².